The van der Waals surface area contributed by atoms with Crippen LogP contribution in [-0.4, -0.2) is 44.9 Å². The molecule has 0 saturated heterocycles. The van der Waals surface area contributed by atoms with Crippen LogP contribution in [0, 0.1) is 5.92 Å². The van der Waals surface area contributed by atoms with Crippen LogP contribution < -0.4 is 10.5 Å². The topological polar surface area (TPSA) is 70.6 Å². The summed E-state index contributed by atoms with van der Waals surface area (Å²) in [5, 5.41) is 14.3. The molecule has 1 aliphatic rings. The molecule has 0 atom stereocenters. The van der Waals surface area contributed by atoms with Crippen molar-refractivity contribution < 1.29 is 14.6 Å². The van der Waals surface area contributed by atoms with Crippen LogP contribution in [0.2, 0.25) is 0 Å². The Morgan fingerprint density at radius 1 is 1.44 bits per heavy atom. The Morgan fingerprint density at radius 2 is 2.12 bits per heavy atom. The zero-order chi connectivity index (χ0) is 11.8. The first-order valence-electron chi connectivity index (χ1n) is 5.76. The summed E-state index contributed by atoms with van der Waals surface area (Å²) in [5.74, 6) is 0.247. The van der Waals surface area contributed by atoms with E-state index in [4.69, 9.17) is 9.76 Å². The summed E-state index contributed by atoms with van der Waals surface area (Å²) < 4.78 is 4.87. The van der Waals surface area contributed by atoms with Crippen molar-refractivity contribution in [2.45, 2.75) is 31.7 Å². The van der Waals surface area contributed by atoms with Crippen molar-refractivity contribution in [1.82, 2.24) is 10.5 Å². The molecule has 0 heterocycles. The van der Waals surface area contributed by atoms with Crippen LogP contribution in [0.5, 0.6) is 0 Å². The van der Waals surface area contributed by atoms with Crippen LogP contribution in [0.15, 0.2) is 0 Å². The van der Waals surface area contributed by atoms with Crippen LogP contribution in [0.3, 0.4) is 0 Å². The zero-order valence-electron chi connectivity index (χ0n) is 9.74. The summed E-state index contributed by atoms with van der Waals surface area (Å²) in [6.07, 6.45) is 3.62. The molecule has 1 amide bonds. The maximum atomic E-state index is 11.7. The number of carbonyl (C=O) groups is 1. The van der Waals surface area contributed by atoms with E-state index in [0.717, 1.165) is 33.3 Å². The van der Waals surface area contributed by atoms with E-state index < -0.39 is 0 Å². The Bertz CT molecular complexity index is 208. The highest BCUT2D eigenvalue weighted by Crippen LogP contribution is 2.24. The normalized spacial score (nSPS) is 25.1. The third-order valence-corrected chi connectivity index (χ3v) is 3.01. The van der Waals surface area contributed by atoms with Gasteiger partial charge in [0.25, 0.3) is 0 Å². The molecular formula is C10H20BN2O3. The second kappa shape index (κ2) is 7.65. The number of hydrogen-bond donors (Lipinski definition) is 3. The molecule has 16 heavy (non-hydrogen) atoms. The van der Waals surface area contributed by atoms with Gasteiger partial charge >= 0.3 is 7.62 Å². The molecule has 5 nitrogen and oxygen atoms in total. The molecule has 0 aliphatic heterocycles. The van der Waals surface area contributed by atoms with Gasteiger partial charge in [0.1, 0.15) is 0 Å². The lowest BCUT2D eigenvalue weighted by molar-refractivity contribution is -0.126. The maximum absolute atomic E-state index is 11.7. The van der Waals surface area contributed by atoms with E-state index in [0.29, 0.717) is 19.2 Å². The van der Waals surface area contributed by atoms with E-state index in [1.165, 1.54) is 0 Å². The highest BCUT2D eigenvalue weighted by atomic mass is 16.5. The van der Waals surface area contributed by atoms with E-state index in [1.54, 1.807) is 7.11 Å². The molecule has 6 heteroatoms. The van der Waals surface area contributed by atoms with Crippen LogP contribution in [0.1, 0.15) is 25.7 Å². The van der Waals surface area contributed by atoms with E-state index in [1.807, 2.05) is 0 Å². The van der Waals surface area contributed by atoms with Crippen molar-refractivity contribution in [3.05, 3.63) is 0 Å². The van der Waals surface area contributed by atoms with E-state index in [2.05, 4.69) is 10.5 Å². The van der Waals surface area contributed by atoms with E-state index >= 15 is 0 Å². The number of amides is 1. The molecule has 0 aromatic rings. The summed E-state index contributed by atoms with van der Waals surface area (Å²) in [7, 11) is 2.61. The van der Waals surface area contributed by atoms with Gasteiger partial charge in [-0.3, -0.25) is 4.79 Å². The van der Waals surface area contributed by atoms with Crippen LogP contribution in [-0.2, 0) is 9.53 Å². The highest BCUT2D eigenvalue weighted by molar-refractivity contribution is 6.21. The lowest BCUT2D eigenvalue weighted by Gasteiger charge is -2.27. The fourth-order valence-corrected chi connectivity index (χ4v) is 2.05. The fourth-order valence-electron chi connectivity index (χ4n) is 2.05. The third-order valence-electron chi connectivity index (χ3n) is 3.01. The first-order valence-corrected chi connectivity index (χ1v) is 5.76. The largest absolute Gasteiger partial charge is 0.440 e. The minimum absolute atomic E-state index is 0.119. The second-order valence-electron chi connectivity index (χ2n) is 4.13. The third kappa shape index (κ3) is 4.51. The van der Waals surface area contributed by atoms with Gasteiger partial charge in [-0.2, -0.15) is 0 Å². The van der Waals surface area contributed by atoms with Gasteiger partial charge in [0.15, 0.2) is 0 Å². The molecule has 0 aromatic carbocycles. The molecule has 91 valence electrons. The summed E-state index contributed by atoms with van der Waals surface area (Å²) >= 11 is 0. The highest BCUT2D eigenvalue weighted by Gasteiger charge is 2.25. The van der Waals surface area contributed by atoms with Gasteiger partial charge in [-0.1, -0.05) is 0 Å². The van der Waals surface area contributed by atoms with Gasteiger partial charge in [-0.15, -0.1) is 0 Å². The molecule has 0 aromatic heterocycles. The number of methoxy groups -OCH3 is 1. The smallest absolute Gasteiger partial charge is 0.393 e. The van der Waals surface area contributed by atoms with Crippen molar-refractivity contribution in [2.75, 3.05) is 20.3 Å². The van der Waals surface area contributed by atoms with Crippen LogP contribution >= 0.6 is 0 Å². The number of ether oxygens (including phenoxy) is 1. The first kappa shape index (κ1) is 13.5. The summed E-state index contributed by atoms with van der Waals surface area (Å²) in [4.78, 5) is 11.7. The Balaban J connectivity index is 2.17. The molecule has 1 rings (SSSR count). The number of rotatable bonds is 6. The van der Waals surface area contributed by atoms with Crippen molar-refractivity contribution >= 4 is 13.5 Å². The van der Waals surface area contributed by atoms with Gasteiger partial charge in [0.05, 0.1) is 6.61 Å². The van der Waals surface area contributed by atoms with Gasteiger partial charge in [-0.05, 0) is 31.7 Å². The Labute approximate surface area is 97.2 Å². The molecule has 1 fully saturated rings. The quantitative estimate of drug-likeness (QED) is 0.419. The lowest BCUT2D eigenvalue weighted by Crippen LogP contribution is -2.40. The van der Waals surface area contributed by atoms with Crippen molar-refractivity contribution in [3.63, 3.8) is 0 Å². The zero-order valence-corrected chi connectivity index (χ0v) is 9.74. The minimum Gasteiger partial charge on any atom is -0.440 e. The maximum Gasteiger partial charge on any atom is 0.393 e. The molecule has 0 bridgehead atoms. The number of nitrogens with one attached hydrogen (secondary N) is 2. The minimum atomic E-state index is 0.119. The average molecular weight is 227 g/mol. The molecule has 1 aliphatic carbocycles. The van der Waals surface area contributed by atoms with Gasteiger partial charge in [0, 0.05) is 19.6 Å². The molecule has 3 N–H and O–H groups in total. The number of carbonyl (C=O) groups excluding carboxylic acids is 1. The molecule has 0 unspecified atom stereocenters. The predicted octanol–water partition coefficient (Wildman–Crippen LogP) is -0.576. The van der Waals surface area contributed by atoms with E-state index in [-0.39, 0.29) is 11.8 Å². The standard InChI is InChI=1S/C10H20BN2O3/c1-16-7-6-12-10(14)8-2-4-9(5-3-8)13-11-15/h8-9,13,15H,2-7H2,1H3,(H,12,14). The van der Waals surface area contributed by atoms with Gasteiger partial charge in [-0.25, -0.2) is 0 Å². The summed E-state index contributed by atoms with van der Waals surface area (Å²) in [5.41, 5.74) is 0. The van der Waals surface area contributed by atoms with Crippen LogP contribution in [0.25, 0.3) is 0 Å². The van der Waals surface area contributed by atoms with Crippen molar-refractivity contribution in [3.8, 4) is 0 Å². The predicted molar refractivity (Wildman–Crippen MR) is 61.7 cm³/mol. The summed E-state index contributed by atoms with van der Waals surface area (Å²) in [6, 6.07) is 0.313. The first-order chi connectivity index (χ1) is 7.77. The fraction of sp³-hybridized carbons (Fsp3) is 0.900. The molecule has 0 spiro atoms. The van der Waals surface area contributed by atoms with Gasteiger partial charge in [0.2, 0.25) is 5.91 Å². The Morgan fingerprint density at radius 3 is 2.69 bits per heavy atom. The Kier molecular flexibility index (Phi) is 6.44. The Hall–Kier alpha value is -0.585. The average Bonchev–Trinajstić information content (AvgIpc) is 2.30. The molecular weight excluding hydrogens is 207 g/mol. The molecule has 1 radical (unpaired) electrons. The number of hydrogen-bond acceptors (Lipinski definition) is 4. The van der Waals surface area contributed by atoms with Crippen molar-refractivity contribution in [1.29, 1.82) is 0 Å². The second-order valence-corrected chi connectivity index (χ2v) is 4.13. The summed E-state index contributed by atoms with van der Waals surface area (Å²) in [6.45, 7) is 1.14. The van der Waals surface area contributed by atoms with Gasteiger partial charge < -0.3 is 20.3 Å². The molecule has 1 saturated carbocycles. The van der Waals surface area contributed by atoms with E-state index in [9.17, 15) is 4.79 Å². The SMILES string of the molecule is COCCNC(=O)C1CCC(N[B]O)CC1. The van der Waals surface area contributed by atoms with Crippen molar-refractivity contribution in [2.24, 2.45) is 5.92 Å². The lowest BCUT2D eigenvalue weighted by atomic mass is 9.84. The van der Waals surface area contributed by atoms with Crippen LogP contribution in [0.4, 0.5) is 0 Å². The monoisotopic (exact) mass is 227 g/mol.